The number of halogens is 1. The Balaban J connectivity index is 0.000000464. The lowest BCUT2D eigenvalue weighted by Gasteiger charge is -2.28. The summed E-state index contributed by atoms with van der Waals surface area (Å²) in [4.78, 5) is 4.23. The number of hydrogen-bond acceptors (Lipinski definition) is 4. The standard InChI is InChI=1S/C9H16BrN3.C9H17N3.CH4/c1-12-7-8(10)9(11)13-5-3-2-4-6-13;1-11-6-5-9(10)12-7-3-2-4-8-12;/h7,11-12H,2-6H2,1H3;5-6,10-11H,2-4,7-8H2,1H3;1H4/b8-7+,11-9?;6-5-,10-9?;. The summed E-state index contributed by atoms with van der Waals surface area (Å²) in [5, 5.41) is 21.3. The molecule has 0 amide bonds. The quantitative estimate of drug-likeness (QED) is 0.406. The van der Waals surface area contributed by atoms with E-state index in [0.717, 1.165) is 30.7 Å². The first-order valence-electron chi connectivity index (χ1n) is 9.14. The molecular weight excluding hydrogens is 392 g/mol. The van der Waals surface area contributed by atoms with E-state index in [1.165, 1.54) is 38.5 Å². The highest BCUT2D eigenvalue weighted by molar-refractivity contribution is 9.12. The second-order valence-electron chi connectivity index (χ2n) is 6.23. The zero-order valence-corrected chi connectivity index (χ0v) is 17.2. The lowest BCUT2D eigenvalue weighted by atomic mass is 10.1. The molecule has 2 aliphatic heterocycles. The molecule has 0 bridgehead atoms. The fourth-order valence-electron chi connectivity index (χ4n) is 2.87. The third kappa shape index (κ3) is 9.27. The van der Waals surface area contributed by atoms with Gasteiger partial charge in [0, 0.05) is 46.5 Å². The van der Waals surface area contributed by atoms with Crippen LogP contribution in [0.1, 0.15) is 46.0 Å². The fraction of sp³-hybridized carbons (Fsp3) is 0.684. The van der Waals surface area contributed by atoms with Gasteiger partial charge >= 0.3 is 0 Å². The lowest BCUT2D eigenvalue weighted by molar-refractivity contribution is 0.341. The van der Waals surface area contributed by atoms with Crippen molar-refractivity contribution in [2.75, 3.05) is 40.3 Å². The molecule has 2 rings (SSSR count). The van der Waals surface area contributed by atoms with Gasteiger partial charge in [-0.15, -0.1) is 0 Å². The lowest BCUT2D eigenvalue weighted by Crippen LogP contribution is -2.35. The third-order valence-corrected chi connectivity index (χ3v) is 4.88. The highest BCUT2D eigenvalue weighted by Gasteiger charge is 2.15. The van der Waals surface area contributed by atoms with E-state index in [0.29, 0.717) is 11.7 Å². The largest absolute Gasteiger partial charge is 0.394 e. The molecule has 150 valence electrons. The molecule has 26 heavy (non-hydrogen) atoms. The van der Waals surface area contributed by atoms with Crippen LogP contribution >= 0.6 is 15.9 Å². The van der Waals surface area contributed by atoms with Crippen molar-refractivity contribution in [2.45, 2.75) is 46.0 Å². The molecule has 0 atom stereocenters. The second-order valence-corrected chi connectivity index (χ2v) is 7.09. The normalized spacial score (nSPS) is 17.7. The number of hydrogen-bond donors (Lipinski definition) is 4. The van der Waals surface area contributed by atoms with Crippen LogP contribution in [0.2, 0.25) is 0 Å². The van der Waals surface area contributed by atoms with Crippen LogP contribution in [0.4, 0.5) is 0 Å². The molecule has 4 N–H and O–H groups in total. The molecule has 2 heterocycles. The van der Waals surface area contributed by atoms with E-state index in [-0.39, 0.29) is 7.43 Å². The average Bonchev–Trinajstić information content (AvgIpc) is 2.67. The number of nitrogens with one attached hydrogen (secondary N) is 4. The summed E-state index contributed by atoms with van der Waals surface area (Å²) in [5.74, 6) is 1.22. The van der Waals surface area contributed by atoms with E-state index in [1.807, 2.05) is 20.2 Å². The molecule has 2 saturated heterocycles. The Bertz CT molecular complexity index is 463. The minimum atomic E-state index is 0. The van der Waals surface area contributed by atoms with Crippen molar-refractivity contribution in [3.8, 4) is 0 Å². The van der Waals surface area contributed by atoms with Gasteiger partial charge in [-0.1, -0.05) is 7.43 Å². The van der Waals surface area contributed by atoms with E-state index in [4.69, 9.17) is 10.8 Å². The molecule has 2 aliphatic rings. The molecular formula is C19H37BrN6. The summed E-state index contributed by atoms with van der Waals surface area (Å²) in [6.07, 6.45) is 12.9. The van der Waals surface area contributed by atoms with Crippen molar-refractivity contribution in [3.05, 3.63) is 23.0 Å². The SMILES string of the molecule is C.CN/C=C(/Br)C(=N)N1CCCCC1.CN/C=C\C(=N)N1CCCCC1. The van der Waals surface area contributed by atoms with Gasteiger partial charge in [0.05, 0.1) is 4.48 Å². The first-order chi connectivity index (χ1) is 12.1. The van der Waals surface area contributed by atoms with Crippen LogP contribution in [0.25, 0.3) is 0 Å². The third-order valence-electron chi connectivity index (χ3n) is 4.27. The van der Waals surface area contributed by atoms with E-state index < -0.39 is 0 Å². The summed E-state index contributed by atoms with van der Waals surface area (Å²) < 4.78 is 0.830. The van der Waals surface area contributed by atoms with Crippen molar-refractivity contribution in [3.63, 3.8) is 0 Å². The molecule has 0 aromatic heterocycles. The Hall–Kier alpha value is -1.50. The summed E-state index contributed by atoms with van der Waals surface area (Å²) in [7, 11) is 3.69. The zero-order chi connectivity index (χ0) is 18.5. The molecule has 0 saturated carbocycles. The predicted molar refractivity (Wildman–Crippen MR) is 117 cm³/mol. The van der Waals surface area contributed by atoms with Crippen LogP contribution in [-0.4, -0.2) is 61.7 Å². The van der Waals surface area contributed by atoms with E-state index in [9.17, 15) is 0 Å². The Morgan fingerprint density at radius 1 is 0.846 bits per heavy atom. The molecule has 7 heteroatoms. The van der Waals surface area contributed by atoms with Gasteiger partial charge in [0.2, 0.25) is 0 Å². The van der Waals surface area contributed by atoms with Crippen LogP contribution in [0, 0.1) is 10.8 Å². The van der Waals surface area contributed by atoms with Gasteiger partial charge in [-0.2, -0.15) is 0 Å². The summed E-state index contributed by atoms with van der Waals surface area (Å²) in [5.41, 5.74) is 0. The number of nitrogens with zero attached hydrogens (tertiary/aromatic N) is 2. The Labute approximate surface area is 168 Å². The number of rotatable bonds is 4. The summed E-state index contributed by atoms with van der Waals surface area (Å²) >= 11 is 3.37. The van der Waals surface area contributed by atoms with Gasteiger partial charge in [0.1, 0.15) is 11.7 Å². The van der Waals surface area contributed by atoms with Crippen molar-refractivity contribution >= 4 is 27.6 Å². The molecule has 0 aliphatic carbocycles. The minimum Gasteiger partial charge on any atom is -0.394 e. The fourth-order valence-corrected chi connectivity index (χ4v) is 3.35. The van der Waals surface area contributed by atoms with Crippen molar-refractivity contribution < 1.29 is 0 Å². The Morgan fingerprint density at radius 2 is 1.35 bits per heavy atom. The number of piperidine rings is 2. The van der Waals surface area contributed by atoms with Crippen molar-refractivity contribution in [1.29, 1.82) is 10.8 Å². The number of amidine groups is 2. The molecule has 0 aromatic rings. The van der Waals surface area contributed by atoms with Gasteiger partial charge in [-0.25, -0.2) is 0 Å². The Morgan fingerprint density at radius 3 is 1.81 bits per heavy atom. The zero-order valence-electron chi connectivity index (χ0n) is 15.6. The van der Waals surface area contributed by atoms with Crippen molar-refractivity contribution in [1.82, 2.24) is 20.4 Å². The van der Waals surface area contributed by atoms with Gasteiger partial charge in [0.15, 0.2) is 0 Å². The van der Waals surface area contributed by atoms with Gasteiger partial charge in [0.25, 0.3) is 0 Å². The smallest absolute Gasteiger partial charge is 0.136 e. The first kappa shape index (κ1) is 24.5. The monoisotopic (exact) mass is 428 g/mol. The van der Waals surface area contributed by atoms with Crippen LogP contribution in [0.3, 0.4) is 0 Å². The highest BCUT2D eigenvalue weighted by Crippen LogP contribution is 2.15. The molecule has 0 radical (unpaired) electrons. The van der Waals surface area contributed by atoms with Gasteiger partial charge in [-0.05, 0) is 66.7 Å². The van der Waals surface area contributed by atoms with Gasteiger partial charge < -0.3 is 20.4 Å². The highest BCUT2D eigenvalue weighted by atomic mass is 79.9. The molecule has 2 fully saturated rings. The maximum absolute atomic E-state index is 7.86. The minimum absolute atomic E-state index is 0. The molecule has 6 nitrogen and oxygen atoms in total. The average molecular weight is 429 g/mol. The summed E-state index contributed by atoms with van der Waals surface area (Å²) in [6, 6.07) is 0. The second kappa shape index (κ2) is 14.6. The van der Waals surface area contributed by atoms with E-state index >= 15 is 0 Å². The molecule has 0 aromatic carbocycles. The van der Waals surface area contributed by atoms with Crippen molar-refractivity contribution in [2.24, 2.45) is 0 Å². The van der Waals surface area contributed by atoms with Crippen LogP contribution in [0.15, 0.2) is 23.0 Å². The molecule has 0 unspecified atom stereocenters. The maximum atomic E-state index is 7.86. The number of likely N-dealkylation sites (tertiary alicyclic amines) is 2. The topological polar surface area (TPSA) is 78.2 Å². The van der Waals surface area contributed by atoms with E-state index in [1.54, 1.807) is 12.4 Å². The van der Waals surface area contributed by atoms with Crippen LogP contribution in [-0.2, 0) is 0 Å². The first-order valence-corrected chi connectivity index (χ1v) is 9.93. The van der Waals surface area contributed by atoms with E-state index in [2.05, 4.69) is 36.4 Å². The summed E-state index contributed by atoms with van der Waals surface area (Å²) in [6.45, 7) is 4.14. The van der Waals surface area contributed by atoms with Gasteiger partial charge in [-0.3, -0.25) is 10.8 Å². The Kier molecular flexibility index (Phi) is 13.8. The predicted octanol–water partition coefficient (Wildman–Crippen LogP) is 3.72. The maximum Gasteiger partial charge on any atom is 0.136 e. The van der Waals surface area contributed by atoms with Crippen LogP contribution in [0.5, 0.6) is 0 Å². The van der Waals surface area contributed by atoms with Crippen LogP contribution < -0.4 is 10.6 Å². The molecule has 0 spiro atoms.